The van der Waals surface area contributed by atoms with Crippen molar-refractivity contribution >= 4 is 17.9 Å². The molecule has 0 aliphatic carbocycles. The van der Waals surface area contributed by atoms with Crippen LogP contribution in [0.3, 0.4) is 0 Å². The van der Waals surface area contributed by atoms with Crippen LogP contribution in [0.4, 0.5) is 0 Å². The molecule has 0 bridgehead atoms. The first-order valence-corrected chi connectivity index (χ1v) is 32.6. The summed E-state index contributed by atoms with van der Waals surface area (Å²) in [4.78, 5) is 38.3. The fourth-order valence-corrected chi connectivity index (χ4v) is 8.41. The average molecular weight is 1120 g/mol. The van der Waals surface area contributed by atoms with Crippen LogP contribution in [-0.2, 0) is 28.6 Å². The number of hydrogen-bond acceptors (Lipinski definition) is 6. The van der Waals surface area contributed by atoms with Gasteiger partial charge in [0.2, 0.25) is 0 Å². The van der Waals surface area contributed by atoms with Crippen molar-refractivity contribution in [2.24, 2.45) is 0 Å². The van der Waals surface area contributed by atoms with Gasteiger partial charge in [-0.2, -0.15) is 0 Å². The van der Waals surface area contributed by atoms with Crippen LogP contribution in [0.2, 0.25) is 0 Å². The fourth-order valence-electron chi connectivity index (χ4n) is 8.41. The molecule has 0 N–H and O–H groups in total. The molecule has 0 aromatic rings. The van der Waals surface area contributed by atoms with Crippen molar-refractivity contribution in [2.45, 2.75) is 271 Å². The van der Waals surface area contributed by atoms with Crippen molar-refractivity contribution in [3.05, 3.63) is 170 Å². The molecule has 81 heavy (non-hydrogen) atoms. The normalized spacial score (nSPS) is 13.3. The summed E-state index contributed by atoms with van der Waals surface area (Å²) in [6, 6.07) is 0. The van der Waals surface area contributed by atoms with E-state index in [4.69, 9.17) is 14.2 Å². The smallest absolute Gasteiger partial charge is 0.309 e. The summed E-state index contributed by atoms with van der Waals surface area (Å²) in [5.74, 6) is -1.12. The van der Waals surface area contributed by atoms with Crippen LogP contribution in [-0.4, -0.2) is 37.2 Å². The summed E-state index contributed by atoms with van der Waals surface area (Å²) >= 11 is 0. The lowest BCUT2D eigenvalue weighted by atomic mass is 10.0. The second kappa shape index (κ2) is 67.3. The van der Waals surface area contributed by atoms with Crippen molar-refractivity contribution in [3.63, 3.8) is 0 Å². The van der Waals surface area contributed by atoms with Crippen molar-refractivity contribution in [2.75, 3.05) is 13.2 Å². The monoisotopic (exact) mass is 1110 g/mol. The van der Waals surface area contributed by atoms with Gasteiger partial charge in [0, 0.05) is 12.8 Å². The predicted molar refractivity (Wildman–Crippen MR) is 352 cm³/mol. The molecule has 0 heterocycles. The third kappa shape index (κ3) is 65.5. The zero-order chi connectivity index (χ0) is 58.5. The van der Waals surface area contributed by atoms with E-state index in [0.717, 1.165) is 116 Å². The second-order valence-electron chi connectivity index (χ2n) is 20.9. The van der Waals surface area contributed by atoms with Crippen LogP contribution >= 0.6 is 0 Å². The van der Waals surface area contributed by atoms with E-state index in [1.807, 2.05) is 6.08 Å². The summed E-state index contributed by atoms with van der Waals surface area (Å²) < 4.78 is 16.8. The third-order valence-corrected chi connectivity index (χ3v) is 13.2. The Morgan fingerprint density at radius 1 is 0.272 bits per heavy atom. The molecule has 0 spiro atoms. The van der Waals surface area contributed by atoms with Crippen molar-refractivity contribution in [3.8, 4) is 0 Å². The Bertz CT molecular complexity index is 1860. The Labute approximate surface area is 498 Å². The van der Waals surface area contributed by atoms with Gasteiger partial charge in [-0.3, -0.25) is 14.4 Å². The lowest BCUT2D eigenvalue weighted by molar-refractivity contribution is -0.166. The van der Waals surface area contributed by atoms with Gasteiger partial charge in [0.05, 0.1) is 6.42 Å². The first kappa shape index (κ1) is 75.8. The summed E-state index contributed by atoms with van der Waals surface area (Å²) in [5, 5.41) is 0. The quantitative estimate of drug-likeness (QED) is 0.0261. The van der Waals surface area contributed by atoms with Crippen molar-refractivity contribution in [1.29, 1.82) is 0 Å². The number of hydrogen-bond donors (Lipinski definition) is 0. The predicted octanol–water partition coefficient (Wildman–Crippen LogP) is 22.7. The zero-order valence-electron chi connectivity index (χ0n) is 52.0. The van der Waals surface area contributed by atoms with Gasteiger partial charge in [0.25, 0.3) is 0 Å². The maximum atomic E-state index is 12.9. The molecule has 454 valence electrons. The highest BCUT2D eigenvalue weighted by atomic mass is 16.6. The highest BCUT2D eigenvalue weighted by Gasteiger charge is 2.19. The SMILES string of the molecule is CC/C=C\C/C=C\C/C=C\C/C=C\C/C=C\C/C=C\CCCCC(=O)OC(COC(=O)C/C=C\C/C=C\C/C=C\C/C=C\C/C=C\CC)COC(=O)CCCCCCCCCCCCCC/C=C\C/C=C\C/C=C\CCCCCCC. The van der Waals surface area contributed by atoms with Gasteiger partial charge in [-0.1, -0.05) is 281 Å². The van der Waals surface area contributed by atoms with Crippen LogP contribution < -0.4 is 0 Å². The second-order valence-corrected chi connectivity index (χ2v) is 20.9. The van der Waals surface area contributed by atoms with Crippen molar-refractivity contribution < 1.29 is 28.6 Å². The minimum absolute atomic E-state index is 0.109. The number of allylic oxidation sites excluding steroid dienone is 27. The number of carbonyl (C=O) groups excluding carboxylic acids is 3. The summed E-state index contributed by atoms with van der Waals surface area (Å²) in [7, 11) is 0. The first-order chi connectivity index (χ1) is 40.0. The van der Waals surface area contributed by atoms with Gasteiger partial charge in [0.15, 0.2) is 6.10 Å². The maximum Gasteiger partial charge on any atom is 0.309 e. The number of esters is 3. The van der Waals surface area contributed by atoms with Crippen LogP contribution in [0.5, 0.6) is 0 Å². The standard InChI is InChI=1S/C75H118O6/c1-4-7-10-13-16-19-22-25-28-30-32-34-35-36-37-38-39-41-42-44-47-50-53-56-59-62-65-68-74(77)80-71-72(70-79-73(76)67-64-61-58-55-52-49-46-27-24-21-18-15-12-9-6-3)81-75(78)69-66-63-60-57-54-51-48-45-43-40-33-31-29-26-23-20-17-14-11-8-5-2/h8-9,11-12,17-18,20-22,25-27,29-30,32-33,35-36,40,45-46,48,52,54-55,57,61,64,72H,4-7,10,13-16,19,23-24,28,31,34,37-39,41-44,47,49-51,53,56,58-60,62-63,65-71H2,1-3H3/b11-8-,12-9-,20-17-,21-18-,25-22-,29-26-,32-30-,36-35-,40-33-,46-27-,48-45-,55-52-,57-54-,64-61-. The molecule has 0 aromatic carbocycles. The number of rotatable bonds is 57. The molecule has 0 aliphatic rings. The molecule has 1 atom stereocenters. The Hall–Kier alpha value is -5.23. The fraction of sp³-hybridized carbons (Fsp3) is 0.587. The van der Waals surface area contributed by atoms with E-state index in [1.165, 1.54) is 103 Å². The minimum atomic E-state index is -0.853. The maximum absolute atomic E-state index is 12.9. The Morgan fingerprint density at radius 2 is 0.531 bits per heavy atom. The Morgan fingerprint density at radius 3 is 0.889 bits per heavy atom. The molecule has 0 rings (SSSR count). The molecule has 0 aliphatic heterocycles. The summed E-state index contributed by atoms with van der Waals surface area (Å²) in [6.07, 6.45) is 99.6. The molecule has 6 heteroatoms. The molecule has 0 saturated heterocycles. The lowest BCUT2D eigenvalue weighted by Gasteiger charge is -2.18. The third-order valence-electron chi connectivity index (χ3n) is 13.2. The first-order valence-electron chi connectivity index (χ1n) is 32.6. The van der Waals surface area contributed by atoms with E-state index >= 15 is 0 Å². The Balaban J connectivity index is 4.49. The van der Waals surface area contributed by atoms with Crippen LogP contribution in [0.15, 0.2) is 170 Å². The van der Waals surface area contributed by atoms with Gasteiger partial charge in [0.1, 0.15) is 13.2 Å². The minimum Gasteiger partial charge on any atom is -0.462 e. The van der Waals surface area contributed by atoms with Gasteiger partial charge >= 0.3 is 17.9 Å². The topological polar surface area (TPSA) is 78.9 Å². The number of unbranched alkanes of at least 4 members (excludes halogenated alkanes) is 19. The van der Waals surface area contributed by atoms with Crippen LogP contribution in [0, 0.1) is 0 Å². The van der Waals surface area contributed by atoms with Crippen LogP contribution in [0.1, 0.15) is 265 Å². The van der Waals surface area contributed by atoms with Gasteiger partial charge in [-0.15, -0.1) is 0 Å². The molecule has 0 radical (unpaired) electrons. The molecular formula is C75H118O6. The lowest BCUT2D eigenvalue weighted by Crippen LogP contribution is -2.30. The summed E-state index contributed by atoms with van der Waals surface area (Å²) in [6.45, 7) is 6.27. The van der Waals surface area contributed by atoms with E-state index in [-0.39, 0.29) is 38.0 Å². The molecular weight excluding hydrogens is 997 g/mol. The molecule has 0 saturated carbocycles. The van der Waals surface area contributed by atoms with E-state index in [9.17, 15) is 14.4 Å². The Kier molecular flexibility index (Phi) is 62.9. The highest BCUT2D eigenvalue weighted by Crippen LogP contribution is 2.15. The van der Waals surface area contributed by atoms with Gasteiger partial charge in [-0.05, 0) is 135 Å². The molecule has 6 nitrogen and oxygen atoms in total. The van der Waals surface area contributed by atoms with E-state index < -0.39 is 12.1 Å². The highest BCUT2D eigenvalue weighted by molar-refractivity contribution is 5.72. The van der Waals surface area contributed by atoms with E-state index in [0.29, 0.717) is 12.8 Å². The molecule has 0 amide bonds. The van der Waals surface area contributed by atoms with Gasteiger partial charge in [-0.25, -0.2) is 0 Å². The van der Waals surface area contributed by atoms with E-state index in [2.05, 4.69) is 179 Å². The van der Waals surface area contributed by atoms with Gasteiger partial charge < -0.3 is 14.2 Å². The number of carbonyl (C=O) groups is 3. The summed E-state index contributed by atoms with van der Waals surface area (Å²) in [5.41, 5.74) is 0. The molecule has 0 aromatic heterocycles. The number of ether oxygens (including phenoxy) is 3. The average Bonchev–Trinajstić information content (AvgIpc) is 3.47. The largest absolute Gasteiger partial charge is 0.462 e. The van der Waals surface area contributed by atoms with E-state index in [1.54, 1.807) is 6.08 Å². The molecule has 1 unspecified atom stereocenters. The zero-order valence-corrected chi connectivity index (χ0v) is 52.0. The molecule has 0 fully saturated rings. The van der Waals surface area contributed by atoms with Crippen LogP contribution in [0.25, 0.3) is 0 Å². The van der Waals surface area contributed by atoms with Crippen molar-refractivity contribution in [1.82, 2.24) is 0 Å².